The topological polar surface area (TPSA) is 97.0 Å². The summed E-state index contributed by atoms with van der Waals surface area (Å²) in [5.41, 5.74) is 7.54. The van der Waals surface area contributed by atoms with E-state index in [0.717, 1.165) is 24.1 Å². The van der Waals surface area contributed by atoms with Gasteiger partial charge in [-0.1, -0.05) is 38.1 Å². The minimum absolute atomic E-state index is 0.0284. The molecule has 1 fully saturated rings. The lowest BCUT2D eigenvalue weighted by Gasteiger charge is -2.26. The molecule has 1 saturated heterocycles. The Labute approximate surface area is 156 Å². The SMILES string of the molecule is CC(C)CCNC(N)=NCc1ccccc1CS(=O)(=O)N1CCOCC1. The van der Waals surface area contributed by atoms with Crippen LogP contribution in [0.2, 0.25) is 0 Å². The highest BCUT2D eigenvalue weighted by atomic mass is 32.2. The summed E-state index contributed by atoms with van der Waals surface area (Å²) in [7, 11) is -3.36. The number of benzene rings is 1. The first-order chi connectivity index (χ1) is 12.4. The van der Waals surface area contributed by atoms with Crippen molar-refractivity contribution in [2.45, 2.75) is 32.6 Å². The van der Waals surface area contributed by atoms with Gasteiger partial charge in [0.15, 0.2) is 5.96 Å². The summed E-state index contributed by atoms with van der Waals surface area (Å²) in [5.74, 6) is 0.956. The monoisotopic (exact) mass is 382 g/mol. The number of sulfonamides is 1. The second kappa shape index (κ2) is 9.89. The average molecular weight is 383 g/mol. The molecule has 8 heteroatoms. The van der Waals surface area contributed by atoms with Crippen LogP contribution < -0.4 is 11.1 Å². The van der Waals surface area contributed by atoms with Crippen LogP contribution in [0, 0.1) is 5.92 Å². The Morgan fingerprint density at radius 2 is 1.92 bits per heavy atom. The van der Waals surface area contributed by atoms with Crippen molar-refractivity contribution >= 4 is 16.0 Å². The molecule has 0 atom stereocenters. The van der Waals surface area contributed by atoms with Gasteiger partial charge in [-0.2, -0.15) is 4.31 Å². The predicted molar refractivity (Wildman–Crippen MR) is 104 cm³/mol. The molecule has 0 spiro atoms. The minimum Gasteiger partial charge on any atom is -0.379 e. The van der Waals surface area contributed by atoms with Crippen molar-refractivity contribution in [2.75, 3.05) is 32.8 Å². The molecular formula is C18H30N4O3S. The van der Waals surface area contributed by atoms with Crippen molar-refractivity contribution in [2.24, 2.45) is 16.6 Å². The number of hydrogen-bond acceptors (Lipinski definition) is 4. The molecule has 0 radical (unpaired) electrons. The number of morpholine rings is 1. The smallest absolute Gasteiger partial charge is 0.218 e. The Balaban J connectivity index is 2.00. The van der Waals surface area contributed by atoms with Gasteiger partial charge in [-0.25, -0.2) is 13.4 Å². The fraction of sp³-hybridized carbons (Fsp3) is 0.611. The first-order valence-electron chi connectivity index (χ1n) is 9.04. The highest BCUT2D eigenvalue weighted by molar-refractivity contribution is 7.88. The molecule has 0 bridgehead atoms. The predicted octanol–water partition coefficient (Wildman–Crippen LogP) is 1.30. The zero-order valence-electron chi connectivity index (χ0n) is 15.6. The van der Waals surface area contributed by atoms with Crippen LogP contribution in [-0.4, -0.2) is 51.5 Å². The summed E-state index contributed by atoms with van der Waals surface area (Å²) in [6, 6.07) is 7.47. The van der Waals surface area contributed by atoms with Crippen LogP contribution >= 0.6 is 0 Å². The Morgan fingerprint density at radius 3 is 2.58 bits per heavy atom. The molecule has 0 aliphatic carbocycles. The molecule has 1 aliphatic heterocycles. The highest BCUT2D eigenvalue weighted by Gasteiger charge is 2.25. The number of rotatable bonds is 8. The maximum atomic E-state index is 12.6. The van der Waals surface area contributed by atoms with Crippen molar-refractivity contribution in [1.82, 2.24) is 9.62 Å². The lowest BCUT2D eigenvalue weighted by atomic mass is 10.1. The van der Waals surface area contributed by atoms with Crippen LogP contribution in [0.1, 0.15) is 31.4 Å². The molecule has 0 saturated carbocycles. The fourth-order valence-corrected chi connectivity index (χ4v) is 4.24. The van der Waals surface area contributed by atoms with Gasteiger partial charge in [0.2, 0.25) is 10.0 Å². The van der Waals surface area contributed by atoms with Crippen molar-refractivity contribution in [3.05, 3.63) is 35.4 Å². The van der Waals surface area contributed by atoms with E-state index >= 15 is 0 Å². The Hall–Kier alpha value is -1.64. The largest absolute Gasteiger partial charge is 0.379 e. The lowest BCUT2D eigenvalue weighted by molar-refractivity contribution is 0.0729. The third-order valence-electron chi connectivity index (χ3n) is 4.27. The summed E-state index contributed by atoms with van der Waals surface area (Å²) in [6.45, 7) is 7.16. The number of nitrogens with two attached hydrogens (primary N) is 1. The quantitative estimate of drug-likeness (QED) is 0.522. The van der Waals surface area contributed by atoms with Crippen LogP contribution in [-0.2, 0) is 27.1 Å². The van der Waals surface area contributed by atoms with Gasteiger partial charge in [0.25, 0.3) is 0 Å². The van der Waals surface area contributed by atoms with E-state index in [1.54, 1.807) is 0 Å². The first-order valence-corrected chi connectivity index (χ1v) is 10.7. The minimum atomic E-state index is -3.36. The summed E-state index contributed by atoms with van der Waals surface area (Å²) >= 11 is 0. The summed E-state index contributed by atoms with van der Waals surface area (Å²) < 4.78 is 32.0. The second-order valence-corrected chi connectivity index (χ2v) is 8.82. The van der Waals surface area contributed by atoms with Gasteiger partial charge in [-0.15, -0.1) is 0 Å². The first kappa shape index (κ1) is 20.7. The zero-order valence-corrected chi connectivity index (χ0v) is 16.5. The van der Waals surface area contributed by atoms with Crippen LogP contribution in [0.5, 0.6) is 0 Å². The Bertz CT molecular complexity index is 698. The highest BCUT2D eigenvalue weighted by Crippen LogP contribution is 2.17. The molecule has 1 heterocycles. The van der Waals surface area contributed by atoms with Gasteiger partial charge in [-0.3, -0.25) is 0 Å². The van der Waals surface area contributed by atoms with Gasteiger partial charge in [-0.05, 0) is 23.5 Å². The summed E-state index contributed by atoms with van der Waals surface area (Å²) in [4.78, 5) is 4.35. The number of nitrogens with zero attached hydrogens (tertiary/aromatic N) is 2. The van der Waals surface area contributed by atoms with Crippen LogP contribution in [0.15, 0.2) is 29.3 Å². The maximum Gasteiger partial charge on any atom is 0.218 e. The molecule has 0 unspecified atom stereocenters. The van der Waals surface area contributed by atoms with E-state index in [1.807, 2.05) is 24.3 Å². The van der Waals surface area contributed by atoms with Gasteiger partial charge in [0.1, 0.15) is 0 Å². The maximum absolute atomic E-state index is 12.6. The third kappa shape index (κ3) is 6.59. The number of ether oxygens (including phenoxy) is 1. The van der Waals surface area contributed by atoms with E-state index < -0.39 is 10.0 Å². The van der Waals surface area contributed by atoms with E-state index in [0.29, 0.717) is 44.7 Å². The van der Waals surface area contributed by atoms with Gasteiger partial charge in [0, 0.05) is 19.6 Å². The van der Waals surface area contributed by atoms with Crippen LogP contribution in [0.25, 0.3) is 0 Å². The summed E-state index contributed by atoms with van der Waals surface area (Å²) in [5, 5.41) is 3.09. The molecule has 0 amide bonds. The van der Waals surface area contributed by atoms with Crippen molar-refractivity contribution < 1.29 is 13.2 Å². The second-order valence-electron chi connectivity index (χ2n) is 6.85. The van der Waals surface area contributed by atoms with Crippen LogP contribution in [0.3, 0.4) is 0 Å². The molecule has 26 heavy (non-hydrogen) atoms. The Kier molecular flexibility index (Phi) is 7.86. The standard InChI is InChI=1S/C18H30N4O3S/c1-15(2)7-8-20-18(19)21-13-16-5-3-4-6-17(16)14-26(23,24)22-9-11-25-12-10-22/h3-6,15H,7-14H2,1-2H3,(H3,19,20,21). The van der Waals surface area contributed by atoms with Gasteiger partial charge >= 0.3 is 0 Å². The van der Waals surface area contributed by atoms with Gasteiger partial charge in [0.05, 0.1) is 25.5 Å². The van der Waals surface area contributed by atoms with E-state index in [4.69, 9.17) is 10.5 Å². The van der Waals surface area contributed by atoms with E-state index in [-0.39, 0.29) is 5.75 Å². The van der Waals surface area contributed by atoms with Crippen molar-refractivity contribution in [3.63, 3.8) is 0 Å². The van der Waals surface area contributed by atoms with E-state index in [9.17, 15) is 8.42 Å². The molecule has 0 aromatic heterocycles. The third-order valence-corrected chi connectivity index (χ3v) is 6.10. The molecule has 3 N–H and O–H groups in total. The number of guanidine groups is 1. The van der Waals surface area contributed by atoms with E-state index in [2.05, 4.69) is 24.2 Å². The van der Waals surface area contributed by atoms with E-state index in [1.165, 1.54) is 4.31 Å². The molecule has 1 aliphatic rings. The Morgan fingerprint density at radius 1 is 1.27 bits per heavy atom. The number of aliphatic imine (C=N–C) groups is 1. The lowest BCUT2D eigenvalue weighted by Crippen LogP contribution is -2.41. The molecule has 7 nitrogen and oxygen atoms in total. The molecule has 1 aromatic rings. The fourth-order valence-electron chi connectivity index (χ4n) is 2.68. The van der Waals surface area contributed by atoms with Crippen molar-refractivity contribution in [3.8, 4) is 0 Å². The molecule has 2 rings (SSSR count). The molecular weight excluding hydrogens is 352 g/mol. The normalized spacial score (nSPS) is 16.8. The zero-order chi connectivity index (χ0) is 19.0. The van der Waals surface area contributed by atoms with Crippen molar-refractivity contribution in [1.29, 1.82) is 0 Å². The average Bonchev–Trinajstić information content (AvgIpc) is 2.61. The number of hydrogen-bond donors (Lipinski definition) is 2. The van der Waals surface area contributed by atoms with Gasteiger partial charge < -0.3 is 15.8 Å². The molecule has 146 valence electrons. The number of nitrogens with one attached hydrogen (secondary N) is 1. The molecule has 1 aromatic carbocycles. The summed E-state index contributed by atoms with van der Waals surface area (Å²) in [6.07, 6.45) is 1.02. The van der Waals surface area contributed by atoms with Crippen LogP contribution in [0.4, 0.5) is 0 Å².